The molecule has 1 atom stereocenters. The molecule has 0 bridgehead atoms. The molecule has 2 rings (SSSR count). The number of hydrogen-bond acceptors (Lipinski definition) is 4. The number of rotatable bonds is 4. The fraction of sp³-hybridized carbons (Fsp3) is 0.429. The molecule has 7 heteroatoms. The maximum atomic E-state index is 12.4. The van der Waals surface area contributed by atoms with Gasteiger partial charge in [-0.3, -0.25) is 4.79 Å². The van der Waals surface area contributed by atoms with Crippen molar-refractivity contribution in [1.29, 1.82) is 5.26 Å². The minimum atomic E-state index is -3.48. The van der Waals surface area contributed by atoms with Gasteiger partial charge in [0.25, 0.3) is 0 Å². The predicted molar refractivity (Wildman–Crippen MR) is 77.3 cm³/mol. The number of nitrogens with two attached hydrogens (primary N) is 1. The molecule has 1 aliphatic heterocycles. The van der Waals surface area contributed by atoms with Crippen LogP contribution >= 0.6 is 0 Å². The lowest BCUT2D eigenvalue weighted by Crippen LogP contribution is -2.44. The number of primary amides is 1. The monoisotopic (exact) mass is 307 g/mol. The smallest absolute Gasteiger partial charge is 0.221 e. The van der Waals surface area contributed by atoms with Gasteiger partial charge in [-0.1, -0.05) is 12.1 Å². The Morgan fingerprint density at radius 1 is 1.38 bits per heavy atom. The Morgan fingerprint density at radius 3 is 2.62 bits per heavy atom. The van der Waals surface area contributed by atoms with E-state index >= 15 is 0 Å². The van der Waals surface area contributed by atoms with E-state index in [4.69, 9.17) is 11.0 Å². The molecule has 2 N–H and O–H groups in total. The van der Waals surface area contributed by atoms with Gasteiger partial charge in [-0.25, -0.2) is 12.7 Å². The van der Waals surface area contributed by atoms with Crippen molar-refractivity contribution in [2.45, 2.75) is 18.6 Å². The Bertz CT molecular complexity index is 662. The fourth-order valence-corrected chi connectivity index (χ4v) is 4.02. The molecule has 0 saturated carbocycles. The lowest BCUT2D eigenvalue weighted by atomic mass is 9.99. The van der Waals surface area contributed by atoms with E-state index in [0.717, 1.165) is 0 Å². The van der Waals surface area contributed by atoms with E-state index < -0.39 is 21.8 Å². The van der Waals surface area contributed by atoms with E-state index in [0.29, 0.717) is 30.5 Å². The maximum Gasteiger partial charge on any atom is 0.221 e. The zero-order chi connectivity index (χ0) is 15.5. The number of hydrogen-bond donors (Lipinski definition) is 1. The second kappa shape index (κ2) is 6.24. The maximum absolute atomic E-state index is 12.4. The van der Waals surface area contributed by atoms with Crippen molar-refractivity contribution < 1.29 is 13.2 Å². The highest BCUT2D eigenvalue weighted by molar-refractivity contribution is 7.88. The van der Waals surface area contributed by atoms with Crippen LogP contribution in [-0.2, 0) is 20.6 Å². The van der Waals surface area contributed by atoms with E-state index in [2.05, 4.69) is 0 Å². The van der Waals surface area contributed by atoms with Gasteiger partial charge in [-0.15, -0.1) is 0 Å². The van der Waals surface area contributed by atoms with E-state index in [1.165, 1.54) is 4.31 Å². The van der Waals surface area contributed by atoms with Crippen LogP contribution in [0.25, 0.3) is 0 Å². The van der Waals surface area contributed by atoms with Gasteiger partial charge in [0, 0.05) is 13.1 Å². The van der Waals surface area contributed by atoms with E-state index in [1.54, 1.807) is 24.3 Å². The summed E-state index contributed by atoms with van der Waals surface area (Å²) in [5.74, 6) is -0.993. The molecule has 112 valence electrons. The summed E-state index contributed by atoms with van der Waals surface area (Å²) in [7, 11) is -3.48. The minimum Gasteiger partial charge on any atom is -0.369 e. The van der Waals surface area contributed by atoms with E-state index in [9.17, 15) is 13.2 Å². The van der Waals surface area contributed by atoms with Crippen molar-refractivity contribution >= 4 is 15.9 Å². The highest BCUT2D eigenvalue weighted by Gasteiger charge is 2.31. The number of carbonyl (C=O) groups is 1. The minimum absolute atomic E-state index is 0.135. The van der Waals surface area contributed by atoms with Crippen LogP contribution in [0.1, 0.15) is 24.0 Å². The first kappa shape index (κ1) is 15.5. The van der Waals surface area contributed by atoms with Crippen molar-refractivity contribution in [3.05, 3.63) is 35.4 Å². The van der Waals surface area contributed by atoms with Gasteiger partial charge in [-0.05, 0) is 30.5 Å². The first-order valence-corrected chi connectivity index (χ1v) is 8.29. The third-order valence-electron chi connectivity index (χ3n) is 3.61. The zero-order valence-corrected chi connectivity index (χ0v) is 12.3. The van der Waals surface area contributed by atoms with Gasteiger partial charge in [0.1, 0.15) is 0 Å². The number of amides is 1. The number of nitriles is 1. The second-order valence-corrected chi connectivity index (χ2v) is 7.13. The molecule has 1 heterocycles. The summed E-state index contributed by atoms with van der Waals surface area (Å²) in [6.07, 6.45) is 1.28. The van der Waals surface area contributed by atoms with Crippen LogP contribution in [0.15, 0.2) is 24.3 Å². The third-order valence-corrected chi connectivity index (χ3v) is 5.43. The molecule has 0 spiro atoms. The molecule has 1 unspecified atom stereocenters. The summed E-state index contributed by atoms with van der Waals surface area (Å²) < 4.78 is 26.1. The Kier molecular flexibility index (Phi) is 4.60. The molecular formula is C14H17N3O3S. The van der Waals surface area contributed by atoms with Crippen molar-refractivity contribution in [2.75, 3.05) is 13.1 Å². The van der Waals surface area contributed by atoms with Crippen molar-refractivity contribution in [1.82, 2.24) is 4.31 Å². The Morgan fingerprint density at radius 2 is 2.05 bits per heavy atom. The Balaban J connectivity index is 2.10. The molecule has 1 aromatic rings. The fourth-order valence-electron chi connectivity index (χ4n) is 2.40. The molecular weight excluding hydrogens is 290 g/mol. The van der Waals surface area contributed by atoms with E-state index in [-0.39, 0.29) is 12.3 Å². The number of carbonyl (C=O) groups excluding carboxylic acids is 1. The van der Waals surface area contributed by atoms with Crippen molar-refractivity contribution in [3.8, 4) is 6.07 Å². The SMILES string of the molecule is N#Cc1ccc(CS(=O)(=O)N2CCCC(C(N)=O)C2)cc1. The van der Waals surface area contributed by atoms with Crippen molar-refractivity contribution in [2.24, 2.45) is 11.7 Å². The molecule has 0 aromatic heterocycles. The quantitative estimate of drug-likeness (QED) is 0.878. The van der Waals surface area contributed by atoms with Gasteiger partial charge < -0.3 is 5.73 Å². The van der Waals surface area contributed by atoms with Crippen LogP contribution in [0.3, 0.4) is 0 Å². The molecule has 1 amide bonds. The number of benzene rings is 1. The van der Waals surface area contributed by atoms with Gasteiger partial charge in [0.05, 0.1) is 23.3 Å². The van der Waals surface area contributed by atoms with Crippen LogP contribution in [0.4, 0.5) is 0 Å². The molecule has 0 aliphatic carbocycles. The molecule has 1 aromatic carbocycles. The van der Waals surface area contributed by atoms with Gasteiger partial charge in [0.15, 0.2) is 0 Å². The zero-order valence-electron chi connectivity index (χ0n) is 11.5. The summed E-state index contributed by atoms with van der Waals surface area (Å²) in [5, 5.41) is 8.73. The lowest BCUT2D eigenvalue weighted by molar-refractivity contribution is -0.122. The number of sulfonamides is 1. The highest BCUT2D eigenvalue weighted by atomic mass is 32.2. The van der Waals surface area contributed by atoms with Gasteiger partial charge >= 0.3 is 0 Å². The predicted octanol–water partition coefficient (Wildman–Crippen LogP) is 0.585. The molecule has 1 fully saturated rings. The number of piperidine rings is 1. The molecule has 0 radical (unpaired) electrons. The average molecular weight is 307 g/mol. The largest absolute Gasteiger partial charge is 0.369 e. The normalized spacial score (nSPS) is 19.9. The van der Waals surface area contributed by atoms with Crippen LogP contribution in [0, 0.1) is 17.2 Å². The molecule has 6 nitrogen and oxygen atoms in total. The average Bonchev–Trinajstić information content (AvgIpc) is 2.48. The third kappa shape index (κ3) is 3.80. The van der Waals surface area contributed by atoms with Crippen LogP contribution in [-0.4, -0.2) is 31.7 Å². The first-order valence-electron chi connectivity index (χ1n) is 6.68. The summed E-state index contributed by atoms with van der Waals surface area (Å²) >= 11 is 0. The van der Waals surface area contributed by atoms with Crippen LogP contribution in [0.2, 0.25) is 0 Å². The van der Waals surface area contributed by atoms with Crippen LogP contribution < -0.4 is 5.73 Å². The van der Waals surface area contributed by atoms with Crippen molar-refractivity contribution in [3.63, 3.8) is 0 Å². The highest BCUT2D eigenvalue weighted by Crippen LogP contribution is 2.21. The second-order valence-electron chi connectivity index (χ2n) is 5.16. The molecule has 1 aliphatic rings. The Labute approximate surface area is 124 Å². The van der Waals surface area contributed by atoms with Gasteiger partial charge in [0.2, 0.25) is 15.9 Å². The summed E-state index contributed by atoms with van der Waals surface area (Å²) in [6, 6.07) is 8.43. The number of nitrogens with zero attached hydrogens (tertiary/aromatic N) is 2. The first-order chi connectivity index (χ1) is 9.92. The van der Waals surface area contributed by atoms with E-state index in [1.807, 2.05) is 6.07 Å². The lowest BCUT2D eigenvalue weighted by Gasteiger charge is -2.30. The standard InChI is InChI=1S/C14H17N3O3S/c15-8-11-3-5-12(6-4-11)10-21(19,20)17-7-1-2-13(9-17)14(16)18/h3-6,13H,1-2,7,9-10H2,(H2,16,18). The molecule has 21 heavy (non-hydrogen) atoms. The van der Waals surface area contributed by atoms with Gasteiger partial charge in [-0.2, -0.15) is 5.26 Å². The topological polar surface area (TPSA) is 104 Å². The Hall–Kier alpha value is -1.91. The summed E-state index contributed by atoms with van der Waals surface area (Å²) in [6.45, 7) is 0.580. The molecule has 1 saturated heterocycles. The summed E-state index contributed by atoms with van der Waals surface area (Å²) in [5.41, 5.74) is 6.38. The summed E-state index contributed by atoms with van der Waals surface area (Å²) in [4.78, 5) is 11.2. The van der Waals surface area contributed by atoms with Crippen LogP contribution in [0.5, 0.6) is 0 Å².